The third-order valence-electron chi connectivity index (χ3n) is 5.54. The molecule has 0 radical (unpaired) electrons. The zero-order chi connectivity index (χ0) is 20.9. The van der Waals surface area contributed by atoms with E-state index in [0.717, 1.165) is 44.8 Å². The number of para-hydroxylation sites is 2. The van der Waals surface area contributed by atoms with Gasteiger partial charge in [0.2, 0.25) is 0 Å². The first-order valence-electron chi connectivity index (χ1n) is 10.2. The molecule has 0 bridgehead atoms. The fourth-order valence-corrected chi connectivity index (χ4v) is 3.80. The molecule has 30 heavy (non-hydrogen) atoms. The molecule has 0 saturated carbocycles. The van der Waals surface area contributed by atoms with E-state index in [-0.39, 0.29) is 11.7 Å². The molecule has 2 heterocycles. The van der Waals surface area contributed by atoms with E-state index in [1.807, 2.05) is 48.5 Å². The van der Waals surface area contributed by atoms with E-state index in [1.54, 1.807) is 13.1 Å². The Kier molecular flexibility index (Phi) is 6.21. The summed E-state index contributed by atoms with van der Waals surface area (Å²) in [7, 11) is 1.66. The maximum atomic E-state index is 13.1. The van der Waals surface area contributed by atoms with Gasteiger partial charge in [0.05, 0.1) is 30.3 Å². The minimum absolute atomic E-state index is 0.0801. The zero-order valence-electron chi connectivity index (χ0n) is 17.1. The molecule has 1 aliphatic heterocycles. The number of benzene rings is 2. The summed E-state index contributed by atoms with van der Waals surface area (Å²) in [4.78, 5) is 32.5. The van der Waals surface area contributed by atoms with Gasteiger partial charge in [-0.1, -0.05) is 42.5 Å². The first kappa shape index (κ1) is 20.3. The van der Waals surface area contributed by atoms with Crippen LogP contribution in [0.2, 0.25) is 0 Å². The Bertz CT molecular complexity index is 1070. The molecule has 1 N–H and O–H groups in total. The fourth-order valence-electron chi connectivity index (χ4n) is 3.80. The fraction of sp³-hybridized carbons (Fsp3) is 0.348. The molecule has 0 aliphatic carbocycles. The molecule has 3 aromatic rings. The highest BCUT2D eigenvalue weighted by atomic mass is 16.5. The van der Waals surface area contributed by atoms with Crippen LogP contribution < -0.4 is 10.9 Å². The normalized spacial score (nSPS) is 15.8. The van der Waals surface area contributed by atoms with E-state index >= 15 is 0 Å². The van der Waals surface area contributed by atoms with Crippen LogP contribution in [-0.4, -0.2) is 53.2 Å². The van der Waals surface area contributed by atoms with Crippen LogP contribution in [0.25, 0.3) is 11.0 Å². The van der Waals surface area contributed by atoms with Gasteiger partial charge in [-0.15, -0.1) is 0 Å². The average Bonchev–Trinajstić information content (AvgIpc) is 2.80. The van der Waals surface area contributed by atoms with Crippen molar-refractivity contribution in [1.82, 2.24) is 19.8 Å². The Labute approximate surface area is 175 Å². The van der Waals surface area contributed by atoms with Crippen molar-refractivity contribution < 1.29 is 9.53 Å². The largest absolute Gasteiger partial charge is 0.379 e. The Morgan fingerprint density at radius 1 is 1.10 bits per heavy atom. The molecule has 1 saturated heterocycles. The van der Waals surface area contributed by atoms with Crippen molar-refractivity contribution >= 4 is 16.9 Å². The summed E-state index contributed by atoms with van der Waals surface area (Å²) < 4.78 is 6.89. The van der Waals surface area contributed by atoms with Crippen molar-refractivity contribution in [2.75, 3.05) is 32.8 Å². The monoisotopic (exact) mass is 406 g/mol. The van der Waals surface area contributed by atoms with Gasteiger partial charge in [0.1, 0.15) is 0 Å². The van der Waals surface area contributed by atoms with E-state index in [2.05, 4.69) is 15.2 Å². The average molecular weight is 406 g/mol. The molecule has 1 aliphatic rings. The summed E-state index contributed by atoms with van der Waals surface area (Å²) in [5.41, 5.74) is 1.85. The van der Waals surface area contributed by atoms with Crippen LogP contribution in [-0.2, 0) is 11.8 Å². The molecular weight excluding hydrogens is 380 g/mol. The Morgan fingerprint density at radius 3 is 2.57 bits per heavy atom. The van der Waals surface area contributed by atoms with Crippen molar-refractivity contribution in [2.24, 2.45) is 7.05 Å². The van der Waals surface area contributed by atoms with Crippen LogP contribution >= 0.6 is 0 Å². The number of aryl methyl sites for hydroxylation is 1. The van der Waals surface area contributed by atoms with Gasteiger partial charge in [-0.2, -0.15) is 0 Å². The van der Waals surface area contributed by atoms with Crippen molar-refractivity contribution in [2.45, 2.75) is 12.5 Å². The molecule has 1 amide bonds. The van der Waals surface area contributed by atoms with E-state index in [9.17, 15) is 9.59 Å². The van der Waals surface area contributed by atoms with Gasteiger partial charge in [0.15, 0.2) is 5.69 Å². The first-order chi connectivity index (χ1) is 14.6. The lowest BCUT2D eigenvalue weighted by atomic mass is 10.0. The van der Waals surface area contributed by atoms with Crippen molar-refractivity contribution in [1.29, 1.82) is 0 Å². The number of ether oxygens (including phenoxy) is 1. The summed E-state index contributed by atoms with van der Waals surface area (Å²) in [6.45, 7) is 4.09. The number of amides is 1. The summed E-state index contributed by atoms with van der Waals surface area (Å²) in [6.07, 6.45) is 0.740. The lowest BCUT2D eigenvalue weighted by molar-refractivity contribution is 0.0360. The number of rotatable bonds is 6. The predicted octanol–water partition coefficient (Wildman–Crippen LogP) is 2.13. The van der Waals surface area contributed by atoms with Crippen molar-refractivity contribution in [3.63, 3.8) is 0 Å². The molecule has 0 spiro atoms. The second kappa shape index (κ2) is 9.19. The van der Waals surface area contributed by atoms with Gasteiger partial charge in [-0.3, -0.25) is 14.5 Å². The van der Waals surface area contributed by atoms with E-state index in [0.29, 0.717) is 11.0 Å². The highest BCUT2D eigenvalue weighted by Crippen LogP contribution is 2.18. The number of carbonyl (C=O) groups excluding carboxylic acids is 1. The Balaban J connectivity index is 1.57. The molecule has 1 atom stereocenters. The molecule has 1 fully saturated rings. The third kappa shape index (κ3) is 4.42. The SMILES string of the molecule is Cn1c(=O)c(C(=O)N[C@@H](CCN2CCOCC2)c2ccccc2)nc2ccccc21. The molecule has 2 aromatic carbocycles. The van der Waals surface area contributed by atoms with Crippen LogP contribution in [0.5, 0.6) is 0 Å². The lowest BCUT2D eigenvalue weighted by Crippen LogP contribution is -2.40. The van der Waals surface area contributed by atoms with E-state index in [1.165, 1.54) is 4.57 Å². The number of morpholine rings is 1. The van der Waals surface area contributed by atoms with E-state index in [4.69, 9.17) is 4.74 Å². The summed E-state index contributed by atoms with van der Waals surface area (Å²) in [5, 5.41) is 3.05. The standard InChI is InChI=1S/C23H26N4O3/c1-26-20-10-6-5-9-19(20)24-21(23(26)29)22(28)25-18(17-7-3-2-4-8-17)11-12-27-13-15-30-16-14-27/h2-10,18H,11-16H2,1H3,(H,25,28)/t18-/m0/s1. The highest BCUT2D eigenvalue weighted by Gasteiger charge is 2.22. The van der Waals surface area contributed by atoms with Gasteiger partial charge in [-0.05, 0) is 24.1 Å². The number of nitrogens with zero attached hydrogens (tertiary/aromatic N) is 3. The maximum absolute atomic E-state index is 13.1. The molecule has 4 rings (SSSR count). The minimum Gasteiger partial charge on any atom is -0.379 e. The number of hydrogen-bond acceptors (Lipinski definition) is 5. The maximum Gasteiger partial charge on any atom is 0.282 e. The number of carbonyl (C=O) groups is 1. The quantitative estimate of drug-likeness (QED) is 0.679. The van der Waals surface area contributed by atoms with Crippen molar-refractivity contribution in [3.05, 3.63) is 76.2 Å². The van der Waals surface area contributed by atoms with Crippen LogP contribution in [0.3, 0.4) is 0 Å². The number of fused-ring (bicyclic) bond motifs is 1. The molecule has 156 valence electrons. The number of nitrogens with one attached hydrogen (secondary N) is 1. The smallest absolute Gasteiger partial charge is 0.282 e. The highest BCUT2D eigenvalue weighted by molar-refractivity contribution is 5.94. The molecule has 1 aromatic heterocycles. The minimum atomic E-state index is -0.447. The molecule has 0 unspecified atom stereocenters. The number of aromatic nitrogens is 2. The van der Waals surface area contributed by atoms with Gasteiger partial charge in [0, 0.05) is 26.7 Å². The van der Waals surface area contributed by atoms with Gasteiger partial charge in [0.25, 0.3) is 11.5 Å². The summed E-state index contributed by atoms with van der Waals surface area (Å²) >= 11 is 0. The van der Waals surface area contributed by atoms with Gasteiger partial charge < -0.3 is 14.6 Å². The number of hydrogen-bond donors (Lipinski definition) is 1. The molecule has 7 nitrogen and oxygen atoms in total. The summed E-state index contributed by atoms with van der Waals surface area (Å²) in [6, 6.07) is 17.0. The Morgan fingerprint density at radius 2 is 1.80 bits per heavy atom. The van der Waals surface area contributed by atoms with Crippen LogP contribution in [0.1, 0.15) is 28.5 Å². The van der Waals surface area contributed by atoms with Crippen LogP contribution in [0.15, 0.2) is 59.4 Å². The van der Waals surface area contributed by atoms with Crippen molar-refractivity contribution in [3.8, 4) is 0 Å². The Hall–Kier alpha value is -3.03. The second-order valence-corrected chi connectivity index (χ2v) is 7.49. The van der Waals surface area contributed by atoms with Crippen LogP contribution in [0.4, 0.5) is 0 Å². The predicted molar refractivity (Wildman–Crippen MR) is 116 cm³/mol. The third-order valence-corrected chi connectivity index (χ3v) is 5.54. The summed E-state index contributed by atoms with van der Waals surface area (Å²) in [5.74, 6) is -0.447. The van der Waals surface area contributed by atoms with Gasteiger partial charge in [-0.25, -0.2) is 4.98 Å². The zero-order valence-corrected chi connectivity index (χ0v) is 17.1. The van der Waals surface area contributed by atoms with E-state index < -0.39 is 11.5 Å². The van der Waals surface area contributed by atoms with Gasteiger partial charge >= 0.3 is 0 Å². The topological polar surface area (TPSA) is 76.5 Å². The molecular formula is C23H26N4O3. The molecule has 7 heteroatoms. The second-order valence-electron chi connectivity index (χ2n) is 7.49. The first-order valence-corrected chi connectivity index (χ1v) is 10.2. The van der Waals surface area contributed by atoms with Crippen LogP contribution in [0, 0.1) is 0 Å². The lowest BCUT2D eigenvalue weighted by Gasteiger charge is -2.28.